The van der Waals surface area contributed by atoms with Gasteiger partial charge in [-0.1, -0.05) is 164 Å². The third-order valence-electron chi connectivity index (χ3n) is 15.6. The first-order chi connectivity index (χ1) is 42.3. The number of hydrogen-bond acceptors (Lipinski definition) is 9. The second kappa shape index (κ2) is 22.4. The Balaban J connectivity index is 0.992. The van der Waals surface area contributed by atoms with E-state index in [1.54, 1.807) is 12.1 Å². The molecule has 0 aliphatic heterocycles. The lowest BCUT2D eigenvalue weighted by atomic mass is 9.99. The fourth-order valence-electron chi connectivity index (χ4n) is 11.3. The average molecular weight is 1110 g/mol. The summed E-state index contributed by atoms with van der Waals surface area (Å²) < 4.78 is 16.1. The van der Waals surface area contributed by atoms with Crippen molar-refractivity contribution >= 4 is 55.6 Å². The molecule has 0 saturated heterocycles. The van der Waals surface area contributed by atoms with Crippen LogP contribution < -0.4 is 0 Å². The van der Waals surface area contributed by atoms with Crippen molar-refractivity contribution in [3.63, 3.8) is 0 Å². The van der Waals surface area contributed by atoms with Gasteiger partial charge in [0.2, 0.25) is 0 Å². The van der Waals surface area contributed by atoms with Crippen LogP contribution in [0.15, 0.2) is 261 Å². The van der Waals surface area contributed by atoms with E-state index in [0.717, 1.165) is 93.9 Å². The zero-order valence-electron chi connectivity index (χ0n) is 46.0. The van der Waals surface area contributed by atoms with Crippen molar-refractivity contribution in [2.24, 2.45) is 0 Å². The maximum Gasteiger partial charge on any atom is 0.338 e. The molecule has 0 radical (unpaired) electrons. The topological polar surface area (TPSA) is 149 Å². The second-order valence-corrected chi connectivity index (χ2v) is 20.8. The molecular weight excluding hydrogens is 1060 g/mol. The first-order valence-corrected chi connectivity index (χ1v) is 28.0. The number of rotatable bonds is 13. The molecule has 11 aromatic carbocycles. The molecule has 406 valence electrons. The summed E-state index contributed by atoms with van der Waals surface area (Å²) in [5.74, 6) is 0.318. The van der Waals surface area contributed by atoms with Crippen molar-refractivity contribution in [1.29, 1.82) is 10.5 Å². The van der Waals surface area contributed by atoms with Gasteiger partial charge in [0.05, 0.1) is 67.8 Å². The predicted molar refractivity (Wildman–Crippen MR) is 336 cm³/mol. The maximum atomic E-state index is 13.8. The Morgan fingerprint density at radius 2 is 0.721 bits per heavy atom. The SMILES string of the molecule is N#Cc1ccc(-c2ccc(-n3c4ccccc4c4cc(C(=O)OCc5ccccc5)ccc43)c(-c3nc(-c4ccccc4)nc(-c4cc(-c5ccc(C#N)cc5)ccc4-n4c5ccccc5c5cc(C(=O)OCc6ccccc6)ccc54)n3)c2)cc1. The number of aromatic nitrogens is 5. The molecule has 3 aromatic heterocycles. The van der Waals surface area contributed by atoms with E-state index >= 15 is 0 Å². The maximum absolute atomic E-state index is 13.8. The van der Waals surface area contributed by atoms with Crippen LogP contribution >= 0.6 is 0 Å². The standard InChI is InChI=1S/C75H47N7O4/c76-44-48-24-28-52(29-25-48)55-32-36-69(81-65-22-12-10-20-59(65)61-42-57(34-38-67(61)81)74(83)85-46-50-14-4-1-5-15-50)63(40-55)72-78-71(54-18-8-3-9-19-54)79-73(80-72)64-41-56(53-30-26-49(45-77)27-31-53)33-37-70(64)82-66-23-13-11-21-60(66)62-43-58(35-39-68(62)82)75(84)86-47-51-16-6-2-7-17-51/h1-43H,46-47H2. The number of nitrogens with zero attached hydrogens (tertiary/aromatic N) is 7. The fourth-order valence-corrected chi connectivity index (χ4v) is 11.3. The van der Waals surface area contributed by atoms with Crippen molar-refractivity contribution in [3.05, 3.63) is 294 Å². The molecule has 11 nitrogen and oxygen atoms in total. The normalized spacial score (nSPS) is 11.2. The largest absolute Gasteiger partial charge is 0.457 e. The highest BCUT2D eigenvalue weighted by molar-refractivity contribution is 6.13. The number of para-hydroxylation sites is 2. The smallest absolute Gasteiger partial charge is 0.338 e. The quantitative estimate of drug-likeness (QED) is 0.103. The molecule has 0 N–H and O–H groups in total. The molecule has 14 aromatic rings. The molecule has 86 heavy (non-hydrogen) atoms. The molecule has 0 bridgehead atoms. The summed E-state index contributed by atoms with van der Waals surface area (Å²) in [4.78, 5) is 44.0. The van der Waals surface area contributed by atoms with Crippen LogP contribution in [0.3, 0.4) is 0 Å². The van der Waals surface area contributed by atoms with E-state index in [4.69, 9.17) is 24.4 Å². The number of benzene rings is 11. The van der Waals surface area contributed by atoms with Gasteiger partial charge in [-0.3, -0.25) is 0 Å². The van der Waals surface area contributed by atoms with Crippen molar-refractivity contribution in [2.75, 3.05) is 0 Å². The summed E-state index contributed by atoms with van der Waals surface area (Å²) in [7, 11) is 0. The van der Waals surface area contributed by atoms with Gasteiger partial charge in [-0.25, -0.2) is 24.5 Å². The molecule has 3 heterocycles. The van der Waals surface area contributed by atoms with E-state index in [0.29, 0.717) is 50.9 Å². The summed E-state index contributed by atoms with van der Waals surface area (Å²) in [6.07, 6.45) is 0. The highest BCUT2D eigenvalue weighted by Crippen LogP contribution is 2.42. The van der Waals surface area contributed by atoms with Gasteiger partial charge in [0, 0.05) is 38.2 Å². The number of carbonyl (C=O) groups excluding carboxylic acids is 2. The molecule has 0 fully saturated rings. The number of fused-ring (bicyclic) bond motifs is 6. The minimum Gasteiger partial charge on any atom is -0.457 e. The lowest BCUT2D eigenvalue weighted by Crippen LogP contribution is -2.06. The van der Waals surface area contributed by atoms with Gasteiger partial charge in [-0.2, -0.15) is 10.5 Å². The van der Waals surface area contributed by atoms with Crippen LogP contribution in [0.4, 0.5) is 0 Å². The minimum atomic E-state index is -0.432. The molecular formula is C75H47N7O4. The van der Waals surface area contributed by atoms with E-state index in [2.05, 4.69) is 81.9 Å². The Labute approximate surface area is 494 Å². The number of ether oxygens (including phenoxy) is 2. The van der Waals surface area contributed by atoms with E-state index < -0.39 is 11.9 Å². The Morgan fingerprint density at radius 1 is 0.349 bits per heavy atom. The molecule has 0 spiro atoms. The summed E-state index contributed by atoms with van der Waals surface area (Å²) in [5, 5.41) is 23.2. The van der Waals surface area contributed by atoms with E-state index in [1.807, 2.05) is 188 Å². The monoisotopic (exact) mass is 1110 g/mol. The van der Waals surface area contributed by atoms with Crippen LogP contribution in [0.5, 0.6) is 0 Å². The summed E-state index contributed by atoms with van der Waals surface area (Å²) in [5.41, 5.74) is 14.3. The average Bonchev–Trinajstić information content (AvgIpc) is 4.28. The highest BCUT2D eigenvalue weighted by Gasteiger charge is 2.25. The molecule has 0 unspecified atom stereocenters. The van der Waals surface area contributed by atoms with Crippen LogP contribution in [0.1, 0.15) is 43.0 Å². The van der Waals surface area contributed by atoms with Gasteiger partial charge in [0.1, 0.15) is 13.2 Å². The molecule has 11 heteroatoms. The van der Waals surface area contributed by atoms with Gasteiger partial charge in [0.15, 0.2) is 17.5 Å². The summed E-state index contributed by atoms with van der Waals surface area (Å²) in [6, 6.07) is 88.6. The summed E-state index contributed by atoms with van der Waals surface area (Å²) in [6.45, 7) is 0.282. The van der Waals surface area contributed by atoms with E-state index in [9.17, 15) is 20.1 Å². The van der Waals surface area contributed by atoms with E-state index in [-0.39, 0.29) is 13.2 Å². The minimum absolute atomic E-state index is 0.141. The Hall–Kier alpha value is -12.1. The van der Waals surface area contributed by atoms with Gasteiger partial charge < -0.3 is 18.6 Å². The predicted octanol–water partition coefficient (Wildman–Crippen LogP) is 16.9. The fraction of sp³-hybridized carbons (Fsp3) is 0.0267. The van der Waals surface area contributed by atoms with Gasteiger partial charge in [0.25, 0.3) is 0 Å². The van der Waals surface area contributed by atoms with Crippen LogP contribution in [-0.2, 0) is 22.7 Å². The van der Waals surface area contributed by atoms with Gasteiger partial charge >= 0.3 is 11.9 Å². The number of nitriles is 2. The molecule has 0 atom stereocenters. The zero-order chi connectivity index (χ0) is 58.1. The third kappa shape index (κ3) is 9.83. The first-order valence-electron chi connectivity index (χ1n) is 28.0. The lowest BCUT2D eigenvalue weighted by Gasteiger charge is -2.18. The zero-order valence-corrected chi connectivity index (χ0v) is 46.0. The van der Waals surface area contributed by atoms with Crippen molar-refractivity contribution in [3.8, 4) is 79.9 Å². The summed E-state index contributed by atoms with van der Waals surface area (Å²) >= 11 is 0. The van der Waals surface area contributed by atoms with Crippen LogP contribution in [0.2, 0.25) is 0 Å². The molecule has 14 rings (SSSR count). The first kappa shape index (κ1) is 52.1. The Kier molecular flexibility index (Phi) is 13.5. The molecule has 0 amide bonds. The van der Waals surface area contributed by atoms with Crippen LogP contribution in [0.25, 0.3) is 111 Å². The van der Waals surface area contributed by atoms with E-state index in [1.165, 1.54) is 0 Å². The van der Waals surface area contributed by atoms with Crippen molar-refractivity contribution in [1.82, 2.24) is 24.1 Å². The lowest BCUT2D eigenvalue weighted by molar-refractivity contribution is 0.0464. The number of esters is 2. The van der Waals surface area contributed by atoms with Crippen molar-refractivity contribution in [2.45, 2.75) is 13.2 Å². The highest BCUT2D eigenvalue weighted by atomic mass is 16.5. The van der Waals surface area contributed by atoms with Crippen LogP contribution in [-0.4, -0.2) is 36.0 Å². The Bertz CT molecular complexity index is 4750. The second-order valence-electron chi connectivity index (χ2n) is 20.8. The third-order valence-corrected chi connectivity index (χ3v) is 15.6. The molecule has 0 aliphatic carbocycles. The molecule has 0 saturated carbocycles. The van der Waals surface area contributed by atoms with Crippen molar-refractivity contribution < 1.29 is 19.1 Å². The van der Waals surface area contributed by atoms with Crippen LogP contribution in [0, 0.1) is 22.7 Å². The van der Waals surface area contributed by atoms with Gasteiger partial charge in [-0.05, 0) is 130 Å². The molecule has 0 aliphatic rings. The number of hydrogen-bond donors (Lipinski definition) is 0. The number of carbonyl (C=O) groups is 2. The Morgan fingerprint density at radius 3 is 1.15 bits per heavy atom. The van der Waals surface area contributed by atoms with Gasteiger partial charge in [-0.15, -0.1) is 0 Å².